The second-order valence-electron chi connectivity index (χ2n) is 3.65. The van der Waals surface area contributed by atoms with Crippen LogP contribution in [0.15, 0.2) is 18.3 Å². The van der Waals surface area contributed by atoms with Crippen LogP contribution in [0.2, 0.25) is 5.15 Å². The van der Waals surface area contributed by atoms with Crippen molar-refractivity contribution in [1.82, 2.24) is 4.98 Å². The molecule has 0 radical (unpaired) electrons. The normalized spacial score (nSPS) is 22.6. The molecule has 1 amide bonds. The van der Waals surface area contributed by atoms with Gasteiger partial charge in [-0.25, -0.2) is 4.98 Å². The summed E-state index contributed by atoms with van der Waals surface area (Å²) in [4.78, 5) is 25.9. The number of nitrogens with one attached hydrogen (secondary N) is 1. The van der Waals surface area contributed by atoms with Gasteiger partial charge in [-0.2, -0.15) is 0 Å². The lowest BCUT2D eigenvalue weighted by atomic mass is 10.3. The minimum Gasteiger partial charge on any atom is -0.481 e. The van der Waals surface area contributed by atoms with Gasteiger partial charge in [-0.3, -0.25) is 9.59 Å². The Balaban J connectivity index is 1.94. The summed E-state index contributed by atoms with van der Waals surface area (Å²) < 4.78 is 0. The highest BCUT2D eigenvalue weighted by Gasteiger charge is 2.48. The van der Waals surface area contributed by atoms with Crippen molar-refractivity contribution in [2.45, 2.75) is 6.42 Å². The number of carboxylic acids is 1. The Kier molecular flexibility index (Phi) is 2.78. The quantitative estimate of drug-likeness (QED) is 0.783. The van der Waals surface area contributed by atoms with E-state index in [1.807, 2.05) is 0 Å². The first-order valence-electron chi connectivity index (χ1n) is 4.73. The van der Waals surface area contributed by atoms with Crippen LogP contribution in [0.5, 0.6) is 0 Å². The van der Waals surface area contributed by atoms with Crippen LogP contribution in [0, 0.1) is 11.8 Å². The van der Waals surface area contributed by atoms with E-state index in [9.17, 15) is 9.59 Å². The largest absolute Gasteiger partial charge is 0.481 e. The number of halogens is 1. The maximum atomic E-state index is 11.5. The van der Waals surface area contributed by atoms with Crippen LogP contribution in [-0.2, 0) is 9.59 Å². The van der Waals surface area contributed by atoms with Gasteiger partial charge in [-0.05, 0) is 18.6 Å². The number of pyridine rings is 1. The highest BCUT2D eigenvalue weighted by Crippen LogP contribution is 2.39. The average molecular weight is 241 g/mol. The molecule has 0 aliphatic heterocycles. The summed E-state index contributed by atoms with van der Waals surface area (Å²) >= 11 is 5.59. The Morgan fingerprint density at radius 3 is 2.69 bits per heavy atom. The lowest BCUT2D eigenvalue weighted by Crippen LogP contribution is -2.16. The fourth-order valence-electron chi connectivity index (χ4n) is 1.44. The maximum Gasteiger partial charge on any atom is 0.307 e. The molecule has 0 aromatic carbocycles. The van der Waals surface area contributed by atoms with Crippen molar-refractivity contribution in [3.63, 3.8) is 0 Å². The summed E-state index contributed by atoms with van der Waals surface area (Å²) in [5.74, 6) is -2.17. The van der Waals surface area contributed by atoms with E-state index in [0.717, 1.165) is 0 Å². The number of hydrogen-bond acceptors (Lipinski definition) is 3. The summed E-state index contributed by atoms with van der Waals surface area (Å²) in [5, 5.41) is 11.6. The summed E-state index contributed by atoms with van der Waals surface area (Å²) in [7, 11) is 0. The molecule has 2 atom stereocenters. The van der Waals surface area contributed by atoms with E-state index in [1.165, 1.54) is 6.20 Å². The van der Waals surface area contributed by atoms with Gasteiger partial charge in [-0.1, -0.05) is 11.6 Å². The minimum absolute atomic E-state index is 0.281. The zero-order valence-electron chi connectivity index (χ0n) is 8.18. The van der Waals surface area contributed by atoms with E-state index < -0.39 is 17.8 Å². The Hall–Kier alpha value is -1.62. The third-order valence-electron chi connectivity index (χ3n) is 2.44. The minimum atomic E-state index is -0.922. The van der Waals surface area contributed by atoms with Gasteiger partial charge in [0.05, 0.1) is 23.7 Å². The van der Waals surface area contributed by atoms with Crippen LogP contribution < -0.4 is 5.32 Å². The fourth-order valence-corrected chi connectivity index (χ4v) is 1.55. The summed E-state index contributed by atoms with van der Waals surface area (Å²) in [5.41, 5.74) is 0.519. The van der Waals surface area contributed by atoms with Crippen LogP contribution in [0.3, 0.4) is 0 Å². The van der Waals surface area contributed by atoms with Crippen LogP contribution in [0.1, 0.15) is 6.42 Å². The molecule has 1 aliphatic rings. The van der Waals surface area contributed by atoms with Gasteiger partial charge in [0.1, 0.15) is 5.15 Å². The Bertz CT molecular complexity index is 432. The molecule has 84 valence electrons. The van der Waals surface area contributed by atoms with E-state index in [1.54, 1.807) is 12.1 Å². The van der Waals surface area contributed by atoms with E-state index in [2.05, 4.69) is 10.3 Å². The van der Waals surface area contributed by atoms with Gasteiger partial charge < -0.3 is 10.4 Å². The number of carboxylic acid groups (broad SMARTS) is 1. The number of rotatable bonds is 3. The van der Waals surface area contributed by atoms with Crippen molar-refractivity contribution in [1.29, 1.82) is 0 Å². The van der Waals surface area contributed by atoms with Crippen molar-refractivity contribution >= 4 is 29.2 Å². The zero-order chi connectivity index (χ0) is 11.7. The van der Waals surface area contributed by atoms with Gasteiger partial charge in [0.15, 0.2) is 0 Å². The number of anilines is 1. The third-order valence-corrected chi connectivity index (χ3v) is 2.66. The molecule has 1 heterocycles. The molecular formula is C10H9ClN2O3. The van der Waals surface area contributed by atoms with Gasteiger partial charge >= 0.3 is 5.97 Å². The molecule has 1 saturated carbocycles. The first-order chi connectivity index (χ1) is 7.58. The average Bonchev–Trinajstić information content (AvgIpc) is 3.01. The number of aromatic nitrogens is 1. The molecule has 2 unspecified atom stereocenters. The predicted molar refractivity (Wildman–Crippen MR) is 57.1 cm³/mol. The summed E-state index contributed by atoms with van der Waals surface area (Å²) in [6.07, 6.45) is 1.83. The molecule has 5 nitrogen and oxygen atoms in total. The van der Waals surface area contributed by atoms with E-state index in [-0.39, 0.29) is 5.91 Å². The molecule has 1 aromatic heterocycles. The Morgan fingerprint density at radius 2 is 2.19 bits per heavy atom. The van der Waals surface area contributed by atoms with Crippen molar-refractivity contribution in [3.05, 3.63) is 23.5 Å². The number of hydrogen-bond donors (Lipinski definition) is 2. The van der Waals surface area contributed by atoms with Crippen molar-refractivity contribution in [2.24, 2.45) is 11.8 Å². The number of amides is 1. The predicted octanol–water partition coefficient (Wildman–Crippen LogP) is 1.39. The first-order valence-corrected chi connectivity index (χ1v) is 5.11. The summed E-state index contributed by atoms with van der Waals surface area (Å²) in [6.45, 7) is 0. The van der Waals surface area contributed by atoms with E-state index in [0.29, 0.717) is 17.3 Å². The van der Waals surface area contributed by atoms with Crippen molar-refractivity contribution < 1.29 is 14.7 Å². The second-order valence-corrected chi connectivity index (χ2v) is 4.03. The molecule has 2 N–H and O–H groups in total. The second kappa shape index (κ2) is 4.09. The molecule has 0 spiro atoms. The SMILES string of the molecule is O=C(O)C1CC1C(=O)Nc1ccc(Cl)nc1. The van der Waals surface area contributed by atoms with Gasteiger partial charge in [-0.15, -0.1) is 0 Å². The lowest BCUT2D eigenvalue weighted by Gasteiger charge is -2.03. The maximum absolute atomic E-state index is 11.5. The standard InChI is InChI=1S/C10H9ClN2O3/c11-8-2-1-5(4-12-8)13-9(14)6-3-7(6)10(15)16/h1-2,4,6-7H,3H2,(H,13,14)(H,15,16). The number of carbonyl (C=O) groups excluding carboxylic acids is 1. The van der Waals surface area contributed by atoms with E-state index >= 15 is 0 Å². The molecule has 1 fully saturated rings. The zero-order valence-corrected chi connectivity index (χ0v) is 8.94. The molecule has 1 aromatic rings. The highest BCUT2D eigenvalue weighted by atomic mass is 35.5. The molecule has 0 bridgehead atoms. The molecule has 0 saturated heterocycles. The van der Waals surface area contributed by atoms with Gasteiger partial charge in [0.2, 0.25) is 5.91 Å². The summed E-state index contributed by atoms with van der Waals surface area (Å²) in [6, 6.07) is 3.17. The number of nitrogens with zero attached hydrogens (tertiary/aromatic N) is 1. The monoisotopic (exact) mass is 240 g/mol. The molecule has 16 heavy (non-hydrogen) atoms. The van der Waals surface area contributed by atoms with Crippen LogP contribution in [0.25, 0.3) is 0 Å². The van der Waals surface area contributed by atoms with Crippen LogP contribution in [-0.4, -0.2) is 22.0 Å². The van der Waals surface area contributed by atoms with Crippen molar-refractivity contribution in [3.8, 4) is 0 Å². The number of carbonyl (C=O) groups is 2. The topological polar surface area (TPSA) is 79.3 Å². The lowest BCUT2D eigenvalue weighted by molar-refractivity contribution is -0.139. The highest BCUT2D eigenvalue weighted by molar-refractivity contribution is 6.29. The molecule has 6 heteroatoms. The van der Waals surface area contributed by atoms with Gasteiger partial charge in [0.25, 0.3) is 0 Å². The van der Waals surface area contributed by atoms with Crippen LogP contribution >= 0.6 is 11.6 Å². The molecule has 2 rings (SSSR count). The Morgan fingerprint density at radius 1 is 1.44 bits per heavy atom. The first kappa shape index (κ1) is 10.9. The number of aliphatic carboxylic acids is 1. The molecule has 1 aliphatic carbocycles. The molecular weight excluding hydrogens is 232 g/mol. The Labute approximate surface area is 96.4 Å². The van der Waals surface area contributed by atoms with Gasteiger partial charge in [0, 0.05) is 0 Å². The smallest absolute Gasteiger partial charge is 0.307 e. The fraction of sp³-hybridized carbons (Fsp3) is 0.300. The van der Waals surface area contributed by atoms with Crippen molar-refractivity contribution in [2.75, 3.05) is 5.32 Å². The van der Waals surface area contributed by atoms with Crippen LogP contribution in [0.4, 0.5) is 5.69 Å². The third kappa shape index (κ3) is 2.30. The van der Waals surface area contributed by atoms with E-state index in [4.69, 9.17) is 16.7 Å².